The molecule has 1 heterocycles. The van der Waals surface area contributed by atoms with Crippen molar-refractivity contribution in [3.63, 3.8) is 0 Å². The summed E-state index contributed by atoms with van der Waals surface area (Å²) >= 11 is 0. The normalized spacial score (nSPS) is 15.4. The van der Waals surface area contributed by atoms with E-state index in [1.54, 1.807) is 24.0 Å². The standard InChI is InChI=1S/C23H28N2O4S/c1-16(19-7-5-4-6-8-19)15-24-23(27)13-17(2)30(28,29)21-9-10-22-20(14-21)11-12-25(22)18(3)26/h4-10,14,16-17H,11-13,15H2,1-3H3,(H,24,27)/t16-,17+/m0/s1. The first-order valence-electron chi connectivity index (χ1n) is 10.2. The molecule has 0 spiro atoms. The molecule has 6 nitrogen and oxygen atoms in total. The van der Waals surface area contributed by atoms with Crippen LogP contribution in [-0.2, 0) is 25.8 Å². The molecule has 0 radical (unpaired) electrons. The van der Waals surface area contributed by atoms with Crippen LogP contribution in [-0.4, -0.2) is 38.6 Å². The maximum absolute atomic E-state index is 13.0. The van der Waals surface area contributed by atoms with Crippen LogP contribution in [0.25, 0.3) is 0 Å². The van der Waals surface area contributed by atoms with Gasteiger partial charge in [-0.2, -0.15) is 0 Å². The lowest BCUT2D eigenvalue weighted by molar-refractivity contribution is -0.121. The molecular formula is C23H28N2O4S. The van der Waals surface area contributed by atoms with Crippen LogP contribution >= 0.6 is 0 Å². The van der Waals surface area contributed by atoms with Crippen LogP contribution in [0.15, 0.2) is 53.4 Å². The second-order valence-corrected chi connectivity index (χ2v) is 10.3. The van der Waals surface area contributed by atoms with Gasteiger partial charge in [0, 0.05) is 32.1 Å². The van der Waals surface area contributed by atoms with Crippen molar-refractivity contribution < 1.29 is 18.0 Å². The minimum absolute atomic E-state index is 0.0564. The minimum Gasteiger partial charge on any atom is -0.355 e. The monoisotopic (exact) mass is 428 g/mol. The summed E-state index contributed by atoms with van der Waals surface area (Å²) in [5, 5.41) is 2.01. The Hall–Kier alpha value is -2.67. The minimum atomic E-state index is -3.65. The van der Waals surface area contributed by atoms with Crippen LogP contribution in [0.5, 0.6) is 0 Å². The molecule has 1 aliphatic heterocycles. The van der Waals surface area contributed by atoms with Crippen LogP contribution < -0.4 is 10.2 Å². The molecule has 0 unspecified atom stereocenters. The molecule has 2 aromatic carbocycles. The van der Waals surface area contributed by atoms with Gasteiger partial charge in [0.2, 0.25) is 11.8 Å². The fourth-order valence-electron chi connectivity index (χ4n) is 3.72. The van der Waals surface area contributed by atoms with Crippen LogP contribution in [0, 0.1) is 0 Å². The summed E-state index contributed by atoms with van der Waals surface area (Å²) in [5.74, 6) is -0.195. The second-order valence-electron chi connectivity index (χ2n) is 7.89. The number of nitrogens with one attached hydrogen (secondary N) is 1. The summed E-state index contributed by atoms with van der Waals surface area (Å²) in [6, 6.07) is 14.7. The molecule has 1 N–H and O–H groups in total. The number of benzene rings is 2. The van der Waals surface area contributed by atoms with E-state index in [2.05, 4.69) is 5.32 Å². The van der Waals surface area contributed by atoms with Gasteiger partial charge in [0.05, 0.1) is 10.1 Å². The molecule has 7 heteroatoms. The van der Waals surface area contributed by atoms with Crippen molar-refractivity contribution in [2.75, 3.05) is 18.0 Å². The lowest BCUT2D eigenvalue weighted by Crippen LogP contribution is -2.32. The summed E-state index contributed by atoms with van der Waals surface area (Å²) in [5.41, 5.74) is 2.73. The quantitative estimate of drug-likeness (QED) is 0.735. The zero-order valence-electron chi connectivity index (χ0n) is 17.6. The summed E-state index contributed by atoms with van der Waals surface area (Å²) in [6.07, 6.45) is 0.533. The first kappa shape index (κ1) is 22.0. The van der Waals surface area contributed by atoms with E-state index < -0.39 is 15.1 Å². The van der Waals surface area contributed by atoms with Crippen LogP contribution in [0.1, 0.15) is 44.2 Å². The van der Waals surface area contributed by atoms with Gasteiger partial charge in [-0.15, -0.1) is 0 Å². The van der Waals surface area contributed by atoms with Gasteiger partial charge in [0.1, 0.15) is 0 Å². The van der Waals surface area contributed by atoms with E-state index in [0.717, 1.165) is 16.8 Å². The Morgan fingerprint density at radius 3 is 2.47 bits per heavy atom. The third-order valence-corrected chi connectivity index (χ3v) is 7.77. The number of fused-ring (bicyclic) bond motifs is 1. The van der Waals surface area contributed by atoms with Gasteiger partial charge in [0.15, 0.2) is 9.84 Å². The van der Waals surface area contributed by atoms with Crippen molar-refractivity contribution in [1.82, 2.24) is 5.32 Å². The Kier molecular flexibility index (Phi) is 6.61. The number of carbonyl (C=O) groups is 2. The third kappa shape index (κ3) is 4.73. The summed E-state index contributed by atoms with van der Waals surface area (Å²) in [7, 11) is -3.65. The molecule has 0 saturated carbocycles. The van der Waals surface area contributed by atoms with Gasteiger partial charge in [-0.1, -0.05) is 37.3 Å². The Morgan fingerprint density at radius 2 is 1.80 bits per heavy atom. The number of anilines is 1. The van der Waals surface area contributed by atoms with Crippen molar-refractivity contribution in [2.45, 2.75) is 49.7 Å². The fraction of sp³-hybridized carbons (Fsp3) is 0.391. The predicted octanol–water partition coefficient (Wildman–Crippen LogP) is 3.07. The topological polar surface area (TPSA) is 83.6 Å². The van der Waals surface area contributed by atoms with E-state index in [4.69, 9.17) is 0 Å². The molecule has 0 saturated heterocycles. The summed E-state index contributed by atoms with van der Waals surface area (Å²) < 4.78 is 26.0. The fourth-order valence-corrected chi connectivity index (χ4v) is 5.12. The van der Waals surface area contributed by atoms with E-state index in [-0.39, 0.29) is 29.0 Å². The van der Waals surface area contributed by atoms with E-state index in [0.29, 0.717) is 19.5 Å². The zero-order chi connectivity index (χ0) is 21.9. The molecular weight excluding hydrogens is 400 g/mol. The van der Waals surface area contributed by atoms with Gasteiger partial charge in [-0.3, -0.25) is 9.59 Å². The number of hydrogen-bond acceptors (Lipinski definition) is 4. The van der Waals surface area contributed by atoms with Gasteiger partial charge in [-0.05, 0) is 48.6 Å². The van der Waals surface area contributed by atoms with Crippen molar-refractivity contribution in [1.29, 1.82) is 0 Å². The molecule has 30 heavy (non-hydrogen) atoms. The van der Waals surface area contributed by atoms with Crippen molar-refractivity contribution in [2.24, 2.45) is 0 Å². The third-order valence-electron chi connectivity index (χ3n) is 5.63. The lowest BCUT2D eigenvalue weighted by Gasteiger charge is -2.17. The number of nitrogens with zero attached hydrogens (tertiary/aromatic N) is 1. The zero-order valence-corrected chi connectivity index (χ0v) is 18.4. The smallest absolute Gasteiger partial charge is 0.223 e. The van der Waals surface area contributed by atoms with Gasteiger partial charge in [-0.25, -0.2) is 8.42 Å². The van der Waals surface area contributed by atoms with Crippen molar-refractivity contribution >= 4 is 27.3 Å². The number of rotatable bonds is 7. The summed E-state index contributed by atoms with van der Waals surface area (Å²) in [4.78, 5) is 25.9. The average Bonchev–Trinajstić information content (AvgIpc) is 3.16. The lowest BCUT2D eigenvalue weighted by atomic mass is 10.0. The van der Waals surface area contributed by atoms with Crippen LogP contribution in [0.2, 0.25) is 0 Å². The molecule has 0 bridgehead atoms. The Bertz CT molecular complexity index is 1030. The molecule has 160 valence electrons. The number of amides is 2. The number of hydrogen-bond donors (Lipinski definition) is 1. The maximum Gasteiger partial charge on any atom is 0.223 e. The molecule has 1 aliphatic rings. The number of sulfone groups is 1. The van der Waals surface area contributed by atoms with Crippen LogP contribution in [0.3, 0.4) is 0 Å². The Morgan fingerprint density at radius 1 is 1.10 bits per heavy atom. The highest BCUT2D eigenvalue weighted by molar-refractivity contribution is 7.92. The molecule has 0 aromatic heterocycles. The second kappa shape index (κ2) is 9.00. The summed E-state index contributed by atoms with van der Waals surface area (Å²) in [6.45, 7) is 6.09. The average molecular weight is 429 g/mol. The van der Waals surface area contributed by atoms with E-state index in [9.17, 15) is 18.0 Å². The predicted molar refractivity (Wildman–Crippen MR) is 117 cm³/mol. The molecule has 2 aromatic rings. The van der Waals surface area contributed by atoms with E-state index >= 15 is 0 Å². The Balaban J connectivity index is 1.62. The Labute approximate surface area is 178 Å². The molecule has 2 amide bonds. The number of carbonyl (C=O) groups excluding carboxylic acids is 2. The van der Waals surface area contributed by atoms with Gasteiger partial charge < -0.3 is 10.2 Å². The largest absolute Gasteiger partial charge is 0.355 e. The maximum atomic E-state index is 13.0. The van der Waals surface area contributed by atoms with Crippen LogP contribution in [0.4, 0.5) is 5.69 Å². The van der Waals surface area contributed by atoms with Crippen molar-refractivity contribution in [3.05, 3.63) is 59.7 Å². The first-order chi connectivity index (χ1) is 14.2. The van der Waals surface area contributed by atoms with E-state index in [1.807, 2.05) is 37.3 Å². The molecule has 0 fully saturated rings. The van der Waals surface area contributed by atoms with Crippen molar-refractivity contribution in [3.8, 4) is 0 Å². The first-order valence-corrected chi connectivity index (χ1v) is 11.7. The highest BCUT2D eigenvalue weighted by Crippen LogP contribution is 2.31. The SMILES string of the molecule is CC(=O)N1CCc2cc(S(=O)(=O)[C@H](C)CC(=O)NC[C@H](C)c3ccccc3)ccc21. The molecule has 0 aliphatic carbocycles. The molecule has 3 rings (SSSR count). The van der Waals surface area contributed by atoms with Gasteiger partial charge >= 0.3 is 0 Å². The van der Waals surface area contributed by atoms with Gasteiger partial charge in [0.25, 0.3) is 0 Å². The highest BCUT2D eigenvalue weighted by atomic mass is 32.2. The molecule has 2 atom stereocenters. The highest BCUT2D eigenvalue weighted by Gasteiger charge is 2.29. The van der Waals surface area contributed by atoms with E-state index in [1.165, 1.54) is 13.0 Å².